The van der Waals surface area contributed by atoms with Gasteiger partial charge in [-0.25, -0.2) is 24.2 Å². The molecule has 6 aromatic carbocycles. The third-order valence-electron chi connectivity index (χ3n) is 14.7. The molecule has 2 aliphatic rings. The smallest absolute Gasteiger partial charge is 0.347 e. The summed E-state index contributed by atoms with van der Waals surface area (Å²) in [5.74, 6) is 1.99. The number of benzene rings is 6. The van der Waals surface area contributed by atoms with Crippen LogP contribution in [0.1, 0.15) is 138 Å². The van der Waals surface area contributed by atoms with Crippen LogP contribution in [0.3, 0.4) is 0 Å². The summed E-state index contributed by atoms with van der Waals surface area (Å²) in [5.41, 5.74) is 20.5. The summed E-state index contributed by atoms with van der Waals surface area (Å²) >= 11 is 0. The summed E-state index contributed by atoms with van der Waals surface area (Å²) in [6, 6.07) is 29.7. The van der Waals surface area contributed by atoms with Crippen LogP contribution < -0.4 is 61.1 Å². The zero-order valence-electron chi connectivity index (χ0n) is 49.6. The summed E-state index contributed by atoms with van der Waals surface area (Å²) < 4.78 is 0. The first-order valence-corrected chi connectivity index (χ1v) is 28.0. The lowest BCUT2D eigenvalue weighted by Crippen LogP contribution is -2.46. The highest BCUT2D eigenvalue weighted by molar-refractivity contribution is 6.30. The minimum absolute atomic E-state index is 0.0804. The molecule has 4 aromatic heterocycles. The van der Waals surface area contributed by atoms with Gasteiger partial charge in [0.05, 0.1) is 44.5 Å². The molecular formula is C65H71N13O7. The molecule has 1 aliphatic heterocycles. The highest BCUT2D eigenvalue weighted by atomic mass is 16.2. The molecule has 12 rings (SSSR count). The van der Waals surface area contributed by atoms with Gasteiger partial charge in [0.15, 0.2) is 0 Å². The molecule has 438 valence electrons. The molecule has 10 aromatic rings. The Bertz CT molecular complexity index is 4820. The van der Waals surface area contributed by atoms with Crippen molar-refractivity contribution in [2.75, 3.05) is 11.5 Å². The molecule has 0 saturated heterocycles. The number of aliphatic imine (C=N–C) groups is 1. The Hall–Kier alpha value is -10.1. The number of hydrogen-bond donors (Lipinski definition) is 10. The summed E-state index contributed by atoms with van der Waals surface area (Å²) in [6.07, 6.45) is 3.83. The monoisotopic (exact) mass is 1150 g/mol. The minimum atomic E-state index is -0.476. The largest absolute Gasteiger partial charge is 0.383 e. The minimum Gasteiger partial charge on any atom is -0.383 e. The van der Waals surface area contributed by atoms with Gasteiger partial charge in [-0.2, -0.15) is 9.97 Å². The second kappa shape index (κ2) is 25.2. The van der Waals surface area contributed by atoms with Gasteiger partial charge in [-0.05, 0) is 146 Å². The van der Waals surface area contributed by atoms with E-state index in [1.165, 1.54) is 16.7 Å². The Kier molecular flexibility index (Phi) is 18.1. The number of nitrogens with one attached hydrogen (secondary N) is 8. The van der Waals surface area contributed by atoms with Crippen LogP contribution in [0.5, 0.6) is 0 Å². The Morgan fingerprint density at radius 3 is 1.62 bits per heavy atom. The molecule has 85 heavy (non-hydrogen) atoms. The zero-order chi connectivity index (χ0) is 61.9. The number of carbonyl (C=O) groups excluding carboxylic acids is 1. The van der Waals surface area contributed by atoms with Crippen molar-refractivity contribution in [3.8, 4) is 0 Å². The lowest BCUT2D eigenvalue weighted by molar-refractivity contribution is -0.120. The van der Waals surface area contributed by atoms with Gasteiger partial charge in [0.2, 0.25) is 11.9 Å². The van der Waals surface area contributed by atoms with Gasteiger partial charge in [0.25, 0.3) is 11.1 Å². The van der Waals surface area contributed by atoms with Crippen LogP contribution in [0.2, 0.25) is 0 Å². The first kappa shape index (κ1) is 61.0. The molecule has 1 atom stereocenters. The topological polar surface area (TPSA) is 340 Å². The Labute approximate surface area is 487 Å². The number of fused-ring (bicyclic) bond motifs is 7. The van der Waals surface area contributed by atoms with Crippen LogP contribution in [0.25, 0.3) is 66.5 Å². The summed E-state index contributed by atoms with van der Waals surface area (Å²) in [7, 11) is 0. The van der Waals surface area contributed by atoms with Crippen molar-refractivity contribution >= 4 is 95.8 Å². The van der Waals surface area contributed by atoms with Crippen molar-refractivity contribution in [2.45, 2.75) is 113 Å². The SMILES string of the molecule is CC(C)c1ccc2[nH]c(=O)[nH]c(=O)c2c1.CC(C)c1ccc2c(c1)=CC1C(=O)NC(=N)N=C1C=2.CC(C)c1ccc2cc3[nH]c(=O)[nH]c(=O)c3cc2c1.Cc1cc(C(C)C)c2[nH]c(=O)nc(N)c2c1.Cc1cc(C(C)C)cc2c(N)nc(=O)[nH]c12. The Balaban J connectivity index is 0.000000139. The predicted octanol–water partition coefficient (Wildman–Crippen LogP) is 8.21. The van der Waals surface area contributed by atoms with Crippen molar-refractivity contribution in [2.24, 2.45) is 10.9 Å². The van der Waals surface area contributed by atoms with Gasteiger partial charge >= 0.3 is 22.8 Å². The number of hydrogen-bond acceptors (Lipinski definition) is 12. The average Bonchev–Trinajstić information content (AvgIpc) is 2.86. The van der Waals surface area contributed by atoms with E-state index in [0.29, 0.717) is 68.7 Å². The molecule has 12 N–H and O–H groups in total. The van der Waals surface area contributed by atoms with E-state index < -0.39 is 22.8 Å². The van der Waals surface area contributed by atoms with Gasteiger partial charge in [-0.1, -0.05) is 130 Å². The molecule has 1 unspecified atom stereocenters. The Morgan fingerprint density at radius 1 is 0.482 bits per heavy atom. The van der Waals surface area contributed by atoms with Crippen LogP contribution in [-0.4, -0.2) is 57.5 Å². The van der Waals surface area contributed by atoms with E-state index in [2.05, 4.69) is 162 Å². The average molecular weight is 1150 g/mol. The van der Waals surface area contributed by atoms with E-state index in [1.807, 2.05) is 68.5 Å². The lowest BCUT2D eigenvalue weighted by atomic mass is 9.91. The van der Waals surface area contributed by atoms with Crippen molar-refractivity contribution in [1.82, 2.24) is 45.2 Å². The quantitative estimate of drug-likeness (QED) is 0.0732. The summed E-state index contributed by atoms with van der Waals surface area (Å²) in [4.78, 5) is 107. The van der Waals surface area contributed by atoms with Crippen LogP contribution in [0, 0.1) is 25.2 Å². The predicted molar refractivity (Wildman–Crippen MR) is 343 cm³/mol. The number of nitrogens with zero attached hydrogens (tertiary/aromatic N) is 3. The first-order valence-electron chi connectivity index (χ1n) is 28.0. The number of aryl methyl sites for hydroxylation is 2. The third kappa shape index (κ3) is 14.0. The van der Waals surface area contributed by atoms with Crippen molar-refractivity contribution in [3.05, 3.63) is 203 Å². The van der Waals surface area contributed by atoms with Crippen LogP contribution in [0.15, 0.2) is 125 Å². The molecular weight excluding hydrogens is 1070 g/mol. The number of anilines is 2. The number of nitrogen functional groups attached to an aromatic ring is 2. The number of rotatable bonds is 5. The molecule has 0 spiro atoms. The number of aromatic nitrogens is 8. The van der Waals surface area contributed by atoms with E-state index >= 15 is 0 Å². The highest BCUT2D eigenvalue weighted by Gasteiger charge is 2.28. The number of carbonyl (C=O) groups is 1. The van der Waals surface area contributed by atoms with Gasteiger partial charge in [-0.3, -0.25) is 35.1 Å². The second-order valence-electron chi connectivity index (χ2n) is 22.8. The molecule has 0 radical (unpaired) electrons. The maximum Gasteiger partial charge on any atom is 0.347 e. The fourth-order valence-corrected chi connectivity index (χ4v) is 9.97. The normalized spacial score (nSPS) is 13.4. The molecule has 5 heterocycles. The fraction of sp³-hybridized carbons (Fsp3) is 0.277. The number of aromatic amines is 6. The number of nitrogens with two attached hydrogens (primary N) is 2. The molecule has 0 fully saturated rings. The summed E-state index contributed by atoms with van der Waals surface area (Å²) in [6.45, 7) is 25.1. The first-order chi connectivity index (χ1) is 40.1. The Morgan fingerprint density at radius 2 is 1.01 bits per heavy atom. The molecule has 1 amide bonds. The third-order valence-corrected chi connectivity index (χ3v) is 14.7. The van der Waals surface area contributed by atoms with E-state index in [4.69, 9.17) is 16.9 Å². The van der Waals surface area contributed by atoms with Crippen LogP contribution in [0.4, 0.5) is 11.6 Å². The molecule has 0 bridgehead atoms. The van der Waals surface area contributed by atoms with Crippen LogP contribution >= 0.6 is 0 Å². The van der Waals surface area contributed by atoms with Gasteiger partial charge < -0.3 is 31.4 Å². The highest BCUT2D eigenvalue weighted by Crippen LogP contribution is 2.28. The molecule has 1 aliphatic carbocycles. The van der Waals surface area contributed by atoms with Crippen molar-refractivity contribution in [3.63, 3.8) is 0 Å². The molecule has 20 heteroatoms. The number of guanidine groups is 1. The van der Waals surface area contributed by atoms with E-state index in [0.717, 1.165) is 65.3 Å². The van der Waals surface area contributed by atoms with E-state index in [9.17, 15) is 33.6 Å². The number of H-pyrrole nitrogens is 6. The second-order valence-corrected chi connectivity index (χ2v) is 22.8. The van der Waals surface area contributed by atoms with Crippen molar-refractivity contribution in [1.29, 1.82) is 5.41 Å². The zero-order valence-corrected chi connectivity index (χ0v) is 49.6. The molecule has 0 saturated carbocycles. The lowest BCUT2D eigenvalue weighted by Gasteiger charge is -2.21. The standard InChI is InChI=1S/C15H15N3O.C15H14N2O2.2C12H15N3O.C11H12N2O2/c1-8(2)9-3-4-10-7-13-12(6-11(10)5-9)14(19)18-15(16)17-13;1-8(2)9-3-4-10-7-13-12(6-11(10)5-9)14(18)17-15(19)16-13;1-6(2)8-4-7(3)10-9(5-8)11(13)15-12(16)14-10;1-6(2)8-4-7(3)5-9-10(8)14-12(16)15-11(9)13;1-6(2)7-3-4-9-8(5-7)10(14)13-11(15)12-9/h3-8,12H,1-2H3,(H2,16,18,19);3-8H,1-2H3,(H2,16,17,18,19);2*4-6H,1-3H3,(H3,13,14,15,16);3-6H,1-2H3,(H2,12,13,14,15). The van der Waals surface area contributed by atoms with Gasteiger partial charge in [0, 0.05) is 10.8 Å². The number of amides is 1. The van der Waals surface area contributed by atoms with Gasteiger partial charge in [-0.15, -0.1) is 0 Å². The molecule has 20 nitrogen and oxygen atoms in total. The van der Waals surface area contributed by atoms with Crippen molar-refractivity contribution < 1.29 is 4.79 Å². The maximum atomic E-state index is 11.9. The summed E-state index contributed by atoms with van der Waals surface area (Å²) in [5, 5.41) is 16.7. The van der Waals surface area contributed by atoms with Crippen LogP contribution in [-0.2, 0) is 4.79 Å². The fourth-order valence-electron chi connectivity index (χ4n) is 9.97. The van der Waals surface area contributed by atoms with E-state index in [1.54, 1.807) is 6.07 Å². The van der Waals surface area contributed by atoms with E-state index in [-0.39, 0.29) is 28.9 Å². The maximum absolute atomic E-state index is 11.9. The van der Waals surface area contributed by atoms with Gasteiger partial charge in [0.1, 0.15) is 11.6 Å².